The molecule has 0 N–H and O–H groups in total. The topological polar surface area (TPSA) is 79.6 Å². The zero-order chi connectivity index (χ0) is 22.6. The smallest absolute Gasteiger partial charge is 0.303 e. The predicted molar refractivity (Wildman–Crippen MR) is 117 cm³/mol. The molecule has 0 atom stereocenters. The van der Waals surface area contributed by atoms with Crippen LogP contribution in [0.4, 0.5) is 4.39 Å². The van der Waals surface area contributed by atoms with Crippen molar-refractivity contribution in [3.63, 3.8) is 0 Å². The van der Waals surface area contributed by atoms with Crippen LogP contribution in [0.3, 0.4) is 0 Å². The number of rotatable bonds is 4. The summed E-state index contributed by atoms with van der Waals surface area (Å²) in [5.41, 5.74) is 2.18. The van der Waals surface area contributed by atoms with E-state index in [9.17, 15) is 14.0 Å². The van der Waals surface area contributed by atoms with Gasteiger partial charge in [0, 0.05) is 29.9 Å². The molecule has 0 fully saturated rings. The van der Waals surface area contributed by atoms with Crippen LogP contribution in [0.1, 0.15) is 29.4 Å². The maximum atomic E-state index is 14.3. The Labute approximate surface area is 182 Å². The first-order chi connectivity index (χ1) is 14.7. The molecule has 8 nitrogen and oxygen atoms in total. The third-order valence-corrected chi connectivity index (χ3v) is 6.10. The van der Waals surface area contributed by atoms with E-state index >= 15 is 0 Å². The van der Waals surface area contributed by atoms with Gasteiger partial charge in [-0.05, 0) is 45.4 Å². The molecule has 0 bridgehead atoms. The minimum Gasteiger partial charge on any atom is -0.303 e. The van der Waals surface area contributed by atoms with Crippen molar-refractivity contribution in [3.05, 3.63) is 72.4 Å². The SMILES string of the molecule is CCn1c(-n2nc(C)c(C)c2C)nc2c1c(=O)n(Cc1c(F)cccc1Cl)c(=O)n2C. The molecule has 0 saturated carbocycles. The van der Waals surface area contributed by atoms with E-state index in [-0.39, 0.29) is 28.3 Å². The number of imidazole rings is 1. The molecule has 4 rings (SSSR count). The minimum atomic E-state index is -0.603. The highest BCUT2D eigenvalue weighted by molar-refractivity contribution is 6.31. The molecule has 0 aliphatic heterocycles. The molecule has 0 aliphatic carbocycles. The molecule has 1 aromatic carbocycles. The van der Waals surface area contributed by atoms with Crippen molar-refractivity contribution in [1.82, 2.24) is 28.5 Å². The number of hydrogen-bond acceptors (Lipinski definition) is 4. The highest BCUT2D eigenvalue weighted by Gasteiger charge is 2.23. The Kier molecular flexibility index (Phi) is 5.09. The van der Waals surface area contributed by atoms with Crippen LogP contribution in [-0.2, 0) is 20.1 Å². The quantitative estimate of drug-likeness (QED) is 0.485. The van der Waals surface area contributed by atoms with Gasteiger partial charge in [-0.25, -0.2) is 13.9 Å². The van der Waals surface area contributed by atoms with Crippen molar-refractivity contribution in [2.45, 2.75) is 40.8 Å². The Bertz CT molecular complexity index is 1440. The van der Waals surface area contributed by atoms with Crippen molar-refractivity contribution < 1.29 is 4.39 Å². The number of nitrogens with zero attached hydrogens (tertiary/aromatic N) is 6. The first-order valence-corrected chi connectivity index (χ1v) is 10.2. The van der Waals surface area contributed by atoms with Gasteiger partial charge in [-0.15, -0.1) is 0 Å². The standard InChI is InChI=1S/C21H22ClFN6O2/c1-6-27-17-18(24-20(27)29-13(4)11(2)12(3)25-29)26(5)21(31)28(19(17)30)10-14-15(22)8-7-9-16(14)23/h7-9H,6,10H2,1-5H3. The first kappa shape index (κ1) is 21.0. The van der Waals surface area contributed by atoms with Crippen LogP contribution in [0.5, 0.6) is 0 Å². The van der Waals surface area contributed by atoms with Gasteiger partial charge in [0.15, 0.2) is 11.2 Å². The van der Waals surface area contributed by atoms with Crippen LogP contribution in [0.25, 0.3) is 17.1 Å². The molecule has 10 heteroatoms. The average molecular weight is 445 g/mol. The molecule has 31 heavy (non-hydrogen) atoms. The molecule has 0 spiro atoms. The van der Waals surface area contributed by atoms with Crippen molar-refractivity contribution >= 4 is 22.8 Å². The summed E-state index contributed by atoms with van der Waals surface area (Å²) in [6.45, 7) is 7.82. The van der Waals surface area contributed by atoms with Gasteiger partial charge in [0.05, 0.1) is 12.2 Å². The third-order valence-electron chi connectivity index (χ3n) is 5.75. The molecule has 3 aromatic heterocycles. The van der Waals surface area contributed by atoms with Crippen LogP contribution >= 0.6 is 11.6 Å². The van der Waals surface area contributed by atoms with Gasteiger partial charge in [0.2, 0.25) is 5.95 Å². The van der Waals surface area contributed by atoms with Crippen molar-refractivity contribution in [2.75, 3.05) is 0 Å². The molecule has 3 heterocycles. The average Bonchev–Trinajstić information content (AvgIpc) is 3.24. The fraction of sp³-hybridized carbons (Fsp3) is 0.333. The van der Waals surface area contributed by atoms with E-state index in [1.807, 2.05) is 27.7 Å². The summed E-state index contributed by atoms with van der Waals surface area (Å²) in [5, 5.41) is 4.70. The second-order valence-corrected chi connectivity index (χ2v) is 7.88. The Morgan fingerprint density at radius 1 is 1.13 bits per heavy atom. The van der Waals surface area contributed by atoms with Gasteiger partial charge < -0.3 is 4.57 Å². The van der Waals surface area contributed by atoms with Crippen LogP contribution in [0.2, 0.25) is 5.02 Å². The minimum absolute atomic E-state index is 0.0830. The van der Waals surface area contributed by atoms with Gasteiger partial charge in [-0.1, -0.05) is 17.7 Å². The van der Waals surface area contributed by atoms with Gasteiger partial charge in [0.25, 0.3) is 5.56 Å². The monoisotopic (exact) mass is 444 g/mol. The normalized spacial score (nSPS) is 11.6. The molecule has 0 unspecified atom stereocenters. The number of benzene rings is 1. The lowest BCUT2D eigenvalue weighted by Gasteiger charge is -2.11. The lowest BCUT2D eigenvalue weighted by molar-refractivity contribution is 0.582. The lowest BCUT2D eigenvalue weighted by atomic mass is 10.2. The lowest BCUT2D eigenvalue weighted by Crippen LogP contribution is -2.40. The largest absolute Gasteiger partial charge is 0.332 e. The molecule has 0 aliphatic rings. The fourth-order valence-corrected chi connectivity index (χ4v) is 3.94. The second-order valence-electron chi connectivity index (χ2n) is 7.47. The Morgan fingerprint density at radius 3 is 2.42 bits per heavy atom. The number of aromatic nitrogens is 6. The van der Waals surface area contributed by atoms with Crippen LogP contribution in [0.15, 0.2) is 27.8 Å². The Hall–Kier alpha value is -3.20. The number of halogens is 2. The van der Waals surface area contributed by atoms with Crippen LogP contribution in [0, 0.1) is 26.6 Å². The van der Waals surface area contributed by atoms with Gasteiger partial charge in [0.1, 0.15) is 5.82 Å². The summed E-state index contributed by atoms with van der Waals surface area (Å²) < 4.78 is 20.0. The highest BCUT2D eigenvalue weighted by Crippen LogP contribution is 2.21. The summed E-state index contributed by atoms with van der Waals surface area (Å²) in [6.07, 6.45) is 0. The maximum absolute atomic E-state index is 14.3. The third kappa shape index (κ3) is 3.11. The van der Waals surface area contributed by atoms with E-state index in [0.717, 1.165) is 21.5 Å². The molecular weight excluding hydrogens is 423 g/mol. The molecule has 0 saturated heterocycles. The number of hydrogen-bond donors (Lipinski definition) is 0. The second kappa shape index (κ2) is 7.49. The van der Waals surface area contributed by atoms with E-state index in [4.69, 9.17) is 11.6 Å². The number of fused-ring (bicyclic) bond motifs is 1. The summed E-state index contributed by atoms with van der Waals surface area (Å²) >= 11 is 6.13. The molecule has 162 valence electrons. The Morgan fingerprint density at radius 2 is 1.84 bits per heavy atom. The molecule has 0 amide bonds. The molecule has 4 aromatic rings. The zero-order valence-electron chi connectivity index (χ0n) is 17.9. The van der Waals surface area contributed by atoms with Gasteiger partial charge in [-0.3, -0.25) is 13.9 Å². The van der Waals surface area contributed by atoms with Gasteiger partial charge >= 0.3 is 5.69 Å². The fourth-order valence-electron chi connectivity index (χ4n) is 3.72. The summed E-state index contributed by atoms with van der Waals surface area (Å²) in [6, 6.07) is 4.24. The predicted octanol–water partition coefficient (Wildman–Crippen LogP) is 2.87. The number of aryl methyl sites for hydroxylation is 3. The van der Waals surface area contributed by atoms with Crippen molar-refractivity contribution in [3.8, 4) is 5.95 Å². The zero-order valence-corrected chi connectivity index (χ0v) is 18.7. The highest BCUT2D eigenvalue weighted by atomic mass is 35.5. The molecule has 0 radical (unpaired) electrons. The summed E-state index contributed by atoms with van der Waals surface area (Å²) in [5.74, 6) is -0.135. The van der Waals surface area contributed by atoms with Crippen LogP contribution < -0.4 is 11.2 Å². The first-order valence-electron chi connectivity index (χ1n) is 9.83. The maximum Gasteiger partial charge on any atom is 0.332 e. The van der Waals surface area contributed by atoms with Crippen LogP contribution in [-0.4, -0.2) is 28.5 Å². The molecular formula is C21H22ClFN6O2. The summed E-state index contributed by atoms with van der Waals surface area (Å²) in [4.78, 5) is 31.0. The summed E-state index contributed by atoms with van der Waals surface area (Å²) in [7, 11) is 1.53. The Balaban J connectivity index is 2.03. The van der Waals surface area contributed by atoms with Crippen molar-refractivity contribution in [1.29, 1.82) is 0 Å². The van der Waals surface area contributed by atoms with E-state index in [0.29, 0.717) is 12.5 Å². The van der Waals surface area contributed by atoms with Crippen molar-refractivity contribution in [2.24, 2.45) is 7.05 Å². The van der Waals surface area contributed by atoms with E-state index in [2.05, 4.69) is 10.1 Å². The van der Waals surface area contributed by atoms with E-state index in [1.54, 1.807) is 9.25 Å². The van der Waals surface area contributed by atoms with E-state index in [1.165, 1.54) is 29.8 Å². The van der Waals surface area contributed by atoms with E-state index < -0.39 is 17.1 Å². The van der Waals surface area contributed by atoms with Gasteiger partial charge in [-0.2, -0.15) is 10.1 Å².